The maximum absolute atomic E-state index is 14.4. The summed E-state index contributed by atoms with van der Waals surface area (Å²) in [5.41, 5.74) is 6.90. The smallest absolute Gasteiger partial charge is 0.407 e. The number of rotatable bonds is 11. The predicted octanol–water partition coefficient (Wildman–Crippen LogP) is 9.59. The average Bonchev–Trinajstić information content (AvgIpc) is 4.08. The number of hydrogen-bond acceptors (Lipinski definition) is 7. The Hall–Kier alpha value is -6.27. The third-order valence-electron chi connectivity index (χ3n) is 13.2. The van der Waals surface area contributed by atoms with Gasteiger partial charge in [-0.2, -0.15) is 0 Å². The quantitative estimate of drug-likeness (QED) is 0.118. The minimum absolute atomic E-state index is 0.109. The van der Waals surface area contributed by atoms with Gasteiger partial charge < -0.3 is 29.8 Å². The Morgan fingerprint density at radius 2 is 1.27 bits per heavy atom. The molecular weight excluding hydrogens is 777 g/mol. The summed E-state index contributed by atoms with van der Waals surface area (Å²) in [5.74, 6) is 1.51. The van der Waals surface area contributed by atoms with Gasteiger partial charge in [0.2, 0.25) is 11.8 Å². The standard InChI is InChI=1S/C50H56N8O4/c1-6-56(7-2)45(31-14-9-8-10-15-31)49(60)58-27-13-17-41(58)47-52-39-25-21-35-29-33(19-23-37(35)44(39)54-47)32-18-22-36-34(28-32)20-24-38-43(36)53-46(51-38)40-16-11-12-26-57(40)48(59)42(30(3)4)55-50(61)62-5/h8-10,14-15,18-25,28-30,40-42,45H,6-7,11-13,16-17,26-27H2,1-5H3,(H,51,53)(H,52,54)(H,55,61)/t40-,41-,42-,45+/m0/s1. The number of H-pyrrole nitrogens is 2. The topological polar surface area (TPSA) is 140 Å². The fourth-order valence-corrected chi connectivity index (χ4v) is 9.88. The van der Waals surface area contributed by atoms with E-state index in [4.69, 9.17) is 14.7 Å². The Morgan fingerprint density at radius 1 is 0.726 bits per heavy atom. The SMILES string of the molecule is CCN(CC)[C@@H](C(=O)N1CCC[C@H]1c1nc2c(ccc3cc(-c4ccc5c(ccc6[nH]c([C@@H]7CCCCN7C(=O)[C@@H](NC(=O)OC)C(C)C)nc65)c4)ccc32)[nH]1)c1ccccc1. The van der Waals surface area contributed by atoms with Gasteiger partial charge in [-0.15, -0.1) is 0 Å². The molecule has 12 nitrogen and oxygen atoms in total. The number of benzene rings is 5. The molecule has 0 spiro atoms. The van der Waals surface area contributed by atoms with Gasteiger partial charge in [-0.05, 0) is 103 Å². The van der Waals surface area contributed by atoms with E-state index in [1.165, 1.54) is 7.11 Å². The molecule has 3 amide bonds. The summed E-state index contributed by atoms with van der Waals surface area (Å²) in [6, 6.07) is 30.3. The summed E-state index contributed by atoms with van der Waals surface area (Å²) in [5, 5.41) is 7.02. The maximum atomic E-state index is 14.4. The molecule has 4 atom stereocenters. The first-order valence-corrected chi connectivity index (χ1v) is 22.3. The highest BCUT2D eigenvalue weighted by Gasteiger charge is 2.39. The molecule has 0 aliphatic carbocycles. The van der Waals surface area contributed by atoms with Crippen LogP contribution in [0.4, 0.5) is 4.79 Å². The molecule has 5 aromatic carbocycles. The van der Waals surface area contributed by atoms with E-state index in [9.17, 15) is 14.4 Å². The molecule has 2 fully saturated rings. The van der Waals surface area contributed by atoms with E-state index in [-0.39, 0.29) is 35.9 Å². The Morgan fingerprint density at radius 3 is 1.82 bits per heavy atom. The fraction of sp³-hybridized carbons (Fsp3) is 0.380. The zero-order valence-electron chi connectivity index (χ0n) is 36.3. The first kappa shape index (κ1) is 41.1. The summed E-state index contributed by atoms with van der Waals surface area (Å²) in [4.78, 5) is 64.1. The van der Waals surface area contributed by atoms with Gasteiger partial charge in [0.1, 0.15) is 23.7 Å². The Labute approximate surface area is 362 Å². The number of aromatic nitrogens is 4. The molecule has 320 valence electrons. The molecule has 2 aromatic heterocycles. The number of fused-ring (bicyclic) bond motifs is 6. The van der Waals surface area contributed by atoms with Crippen molar-refractivity contribution in [2.24, 2.45) is 5.92 Å². The number of nitrogens with one attached hydrogen (secondary N) is 3. The lowest BCUT2D eigenvalue weighted by Crippen LogP contribution is -2.53. The van der Waals surface area contributed by atoms with Gasteiger partial charge >= 0.3 is 6.09 Å². The molecule has 3 N–H and O–H groups in total. The molecule has 2 aliphatic heterocycles. The zero-order valence-corrected chi connectivity index (χ0v) is 36.3. The van der Waals surface area contributed by atoms with Crippen LogP contribution in [0.25, 0.3) is 54.7 Å². The van der Waals surface area contributed by atoms with Gasteiger partial charge in [0.15, 0.2) is 0 Å². The van der Waals surface area contributed by atoms with Crippen molar-refractivity contribution in [2.45, 2.75) is 84.0 Å². The number of ether oxygens (including phenoxy) is 1. The average molecular weight is 833 g/mol. The van der Waals surface area contributed by atoms with Crippen molar-refractivity contribution < 1.29 is 19.1 Å². The van der Waals surface area contributed by atoms with Gasteiger partial charge in [0.05, 0.1) is 41.3 Å². The Bertz CT molecular complexity index is 2770. The van der Waals surface area contributed by atoms with Crippen molar-refractivity contribution in [1.29, 1.82) is 0 Å². The van der Waals surface area contributed by atoms with Crippen LogP contribution in [0.5, 0.6) is 0 Å². The first-order chi connectivity index (χ1) is 30.2. The highest BCUT2D eigenvalue weighted by Crippen LogP contribution is 2.38. The number of imidazole rings is 2. The number of likely N-dealkylation sites (N-methyl/N-ethyl adjacent to an activating group) is 1. The number of nitrogens with zero attached hydrogens (tertiary/aromatic N) is 5. The van der Waals surface area contributed by atoms with Gasteiger partial charge in [0, 0.05) is 23.9 Å². The summed E-state index contributed by atoms with van der Waals surface area (Å²) in [7, 11) is 1.31. The highest BCUT2D eigenvalue weighted by molar-refractivity contribution is 6.07. The van der Waals surface area contributed by atoms with Crippen molar-refractivity contribution in [2.75, 3.05) is 33.3 Å². The zero-order chi connectivity index (χ0) is 43.1. The highest BCUT2D eigenvalue weighted by atomic mass is 16.5. The first-order valence-electron chi connectivity index (χ1n) is 22.3. The van der Waals surface area contributed by atoms with Crippen molar-refractivity contribution in [3.05, 3.63) is 108 Å². The van der Waals surface area contributed by atoms with Crippen molar-refractivity contribution in [1.82, 2.24) is 40.0 Å². The van der Waals surface area contributed by atoms with Gasteiger partial charge in [0.25, 0.3) is 0 Å². The van der Waals surface area contributed by atoms with Crippen molar-refractivity contribution >= 4 is 61.5 Å². The number of piperidine rings is 1. The number of aromatic amines is 2. The molecule has 2 saturated heterocycles. The van der Waals surface area contributed by atoms with Crippen molar-refractivity contribution in [3.63, 3.8) is 0 Å². The second-order valence-corrected chi connectivity index (χ2v) is 17.2. The van der Waals surface area contributed by atoms with E-state index in [0.717, 1.165) is 117 Å². The molecule has 0 bridgehead atoms. The number of hydrogen-bond donors (Lipinski definition) is 3. The molecule has 9 rings (SSSR count). The number of amides is 3. The number of alkyl carbamates (subject to hydrolysis) is 1. The van der Waals surface area contributed by atoms with Crippen LogP contribution in [0.3, 0.4) is 0 Å². The second-order valence-electron chi connectivity index (χ2n) is 17.2. The van der Waals surface area contributed by atoms with E-state index in [0.29, 0.717) is 13.1 Å². The third kappa shape index (κ3) is 7.54. The van der Waals surface area contributed by atoms with Crippen LogP contribution >= 0.6 is 0 Å². The molecule has 0 radical (unpaired) electrons. The lowest BCUT2D eigenvalue weighted by atomic mass is 9.97. The van der Waals surface area contributed by atoms with Crippen molar-refractivity contribution in [3.8, 4) is 11.1 Å². The molecule has 0 unspecified atom stereocenters. The minimum Gasteiger partial charge on any atom is -0.453 e. The lowest BCUT2D eigenvalue weighted by Gasteiger charge is -2.37. The summed E-state index contributed by atoms with van der Waals surface area (Å²) in [6.07, 6.45) is 3.86. The molecular formula is C50H56N8O4. The van der Waals surface area contributed by atoms with E-state index in [1.807, 2.05) is 41.8 Å². The van der Waals surface area contributed by atoms with Gasteiger partial charge in [-0.1, -0.05) is 94.4 Å². The largest absolute Gasteiger partial charge is 0.453 e. The monoisotopic (exact) mass is 832 g/mol. The molecule has 62 heavy (non-hydrogen) atoms. The molecule has 4 heterocycles. The lowest BCUT2D eigenvalue weighted by molar-refractivity contribution is -0.139. The Kier molecular flexibility index (Phi) is 11.4. The van der Waals surface area contributed by atoms with Crippen LogP contribution in [0.1, 0.15) is 95.1 Å². The van der Waals surface area contributed by atoms with Gasteiger partial charge in [-0.3, -0.25) is 14.5 Å². The summed E-state index contributed by atoms with van der Waals surface area (Å²) >= 11 is 0. The van der Waals surface area contributed by atoms with E-state index >= 15 is 0 Å². The maximum Gasteiger partial charge on any atom is 0.407 e. The third-order valence-corrected chi connectivity index (χ3v) is 13.2. The molecule has 2 aliphatic rings. The fourth-order valence-electron chi connectivity index (χ4n) is 9.88. The number of carbonyl (C=O) groups is 3. The normalized spacial score (nSPS) is 18.0. The molecule has 12 heteroatoms. The summed E-state index contributed by atoms with van der Waals surface area (Å²) < 4.78 is 4.83. The van der Waals surface area contributed by atoms with E-state index in [2.05, 4.69) is 107 Å². The van der Waals surface area contributed by atoms with Crippen LogP contribution in [0.2, 0.25) is 0 Å². The molecule has 7 aromatic rings. The van der Waals surface area contributed by atoms with E-state index in [1.54, 1.807) is 0 Å². The number of methoxy groups -OCH3 is 1. The van der Waals surface area contributed by atoms with Gasteiger partial charge in [-0.25, -0.2) is 14.8 Å². The van der Waals surface area contributed by atoms with Crippen LogP contribution in [0.15, 0.2) is 91.0 Å². The van der Waals surface area contributed by atoms with E-state index < -0.39 is 12.1 Å². The predicted molar refractivity (Wildman–Crippen MR) is 244 cm³/mol. The Balaban J connectivity index is 0.981. The second kappa shape index (κ2) is 17.2. The number of carbonyl (C=O) groups excluding carboxylic acids is 3. The minimum atomic E-state index is -0.694. The van der Waals surface area contributed by atoms with Crippen LogP contribution < -0.4 is 5.32 Å². The van der Waals surface area contributed by atoms with Crippen LogP contribution in [-0.2, 0) is 14.3 Å². The number of likely N-dealkylation sites (tertiary alicyclic amines) is 2. The van der Waals surface area contributed by atoms with Crippen LogP contribution in [0, 0.1) is 5.92 Å². The summed E-state index contributed by atoms with van der Waals surface area (Å²) in [6.45, 7) is 11.0. The molecule has 0 saturated carbocycles. The van der Waals surface area contributed by atoms with Crippen LogP contribution in [-0.4, -0.2) is 91.9 Å².